The number of rotatable bonds is 18. The quantitative estimate of drug-likeness (QED) is 0.126. The van der Waals surface area contributed by atoms with E-state index in [0.717, 1.165) is 80.3 Å². The molecule has 1 atom stereocenters. The monoisotopic (exact) mass is 663 g/mol. The molecule has 1 unspecified atom stereocenters. The SMILES string of the molecule is CN(Cc1cn(CCCNCCCNC2CCCCC2)nn1)c1nc(NC2CCN(C(=O)CCC(N)C(=O)O)CC2)c2ccccc2n1. The second-order valence-electron chi connectivity index (χ2n) is 13.2. The van der Waals surface area contributed by atoms with Gasteiger partial charge < -0.3 is 36.6 Å². The summed E-state index contributed by atoms with van der Waals surface area (Å²) < 4.78 is 1.90. The number of fused-ring (bicyclic) bond motifs is 1. The summed E-state index contributed by atoms with van der Waals surface area (Å²) in [5.41, 5.74) is 7.27. The van der Waals surface area contributed by atoms with Crippen LogP contribution < -0.4 is 26.6 Å². The van der Waals surface area contributed by atoms with E-state index in [0.29, 0.717) is 25.6 Å². The summed E-state index contributed by atoms with van der Waals surface area (Å²) in [5, 5.41) is 29.5. The molecule has 1 aliphatic carbocycles. The van der Waals surface area contributed by atoms with Crippen molar-refractivity contribution in [2.24, 2.45) is 5.73 Å². The van der Waals surface area contributed by atoms with Gasteiger partial charge in [0.1, 0.15) is 17.6 Å². The number of carboxylic acid groups (broad SMARTS) is 1. The van der Waals surface area contributed by atoms with E-state index in [9.17, 15) is 9.59 Å². The van der Waals surface area contributed by atoms with Crippen molar-refractivity contribution in [1.82, 2.24) is 40.5 Å². The molecule has 2 aliphatic rings. The standard InChI is InChI=1S/C34H53N11O3/c1-43(23-27-24-45(42-41-27)20-8-18-36-17-7-19-37-25-9-3-2-4-10-25)34-39-30-12-6-5-11-28(30)32(40-34)38-26-15-21-44(22-16-26)31(46)14-13-29(35)33(47)48/h5-6,11-12,24-26,29,36-37H,2-4,7-10,13-23,35H2,1H3,(H,47,48)(H,38,39,40). The smallest absolute Gasteiger partial charge is 0.320 e. The number of carboxylic acids is 1. The van der Waals surface area contributed by atoms with Crippen molar-refractivity contribution in [2.75, 3.05) is 50.0 Å². The zero-order valence-electron chi connectivity index (χ0n) is 28.3. The molecule has 48 heavy (non-hydrogen) atoms. The lowest BCUT2D eigenvalue weighted by molar-refractivity contribution is -0.139. The number of carbonyl (C=O) groups excluding carboxylic acids is 1. The van der Waals surface area contributed by atoms with E-state index in [2.05, 4.69) is 26.3 Å². The van der Waals surface area contributed by atoms with E-state index in [-0.39, 0.29) is 24.8 Å². The third-order valence-corrected chi connectivity index (χ3v) is 9.40. The average molecular weight is 664 g/mol. The van der Waals surface area contributed by atoms with Crippen molar-refractivity contribution in [2.45, 2.75) is 102 Å². The number of carbonyl (C=O) groups is 2. The fraction of sp³-hybridized carbons (Fsp3) is 0.647. The first-order chi connectivity index (χ1) is 23.4. The minimum atomic E-state index is -1.08. The van der Waals surface area contributed by atoms with Gasteiger partial charge in [-0.15, -0.1) is 5.10 Å². The molecule has 14 nitrogen and oxygen atoms in total. The summed E-state index contributed by atoms with van der Waals surface area (Å²) in [7, 11) is 1.96. The largest absolute Gasteiger partial charge is 0.480 e. The molecule has 3 aromatic rings. The molecular formula is C34H53N11O3. The lowest BCUT2D eigenvalue weighted by Gasteiger charge is -2.33. The number of para-hydroxylation sites is 1. The lowest BCUT2D eigenvalue weighted by atomic mass is 9.95. The summed E-state index contributed by atoms with van der Waals surface area (Å²) in [6, 6.07) is 7.80. The molecular weight excluding hydrogens is 610 g/mol. The number of piperidine rings is 1. The van der Waals surface area contributed by atoms with Gasteiger partial charge in [-0.2, -0.15) is 4.98 Å². The average Bonchev–Trinajstić information content (AvgIpc) is 3.55. The Bertz CT molecular complexity index is 1450. The molecule has 14 heteroatoms. The van der Waals surface area contributed by atoms with Crippen molar-refractivity contribution >= 4 is 34.5 Å². The molecule has 0 radical (unpaired) electrons. The van der Waals surface area contributed by atoms with Crippen molar-refractivity contribution < 1.29 is 14.7 Å². The molecule has 1 amide bonds. The van der Waals surface area contributed by atoms with Gasteiger partial charge in [0.05, 0.1) is 18.3 Å². The van der Waals surface area contributed by atoms with Crippen LogP contribution in [0.15, 0.2) is 30.5 Å². The van der Waals surface area contributed by atoms with E-state index < -0.39 is 12.0 Å². The number of anilines is 2. The summed E-state index contributed by atoms with van der Waals surface area (Å²) in [5.74, 6) is 0.222. The lowest BCUT2D eigenvalue weighted by Crippen LogP contribution is -2.43. The fourth-order valence-electron chi connectivity index (χ4n) is 6.52. The zero-order valence-corrected chi connectivity index (χ0v) is 28.3. The topological polar surface area (TPSA) is 179 Å². The third-order valence-electron chi connectivity index (χ3n) is 9.40. The Morgan fingerprint density at radius 2 is 1.79 bits per heavy atom. The molecule has 1 aromatic carbocycles. The number of nitrogens with two attached hydrogens (primary N) is 1. The third kappa shape index (κ3) is 10.6. The number of amides is 1. The maximum atomic E-state index is 12.6. The molecule has 1 saturated carbocycles. The van der Waals surface area contributed by atoms with E-state index in [1.807, 2.05) is 47.1 Å². The molecule has 5 rings (SSSR count). The number of hydrogen-bond acceptors (Lipinski definition) is 11. The summed E-state index contributed by atoms with van der Waals surface area (Å²) in [6.07, 6.45) is 12.7. The molecule has 0 spiro atoms. The highest BCUT2D eigenvalue weighted by Crippen LogP contribution is 2.26. The number of benzene rings is 1. The molecule has 262 valence electrons. The minimum absolute atomic E-state index is 0.0526. The first-order valence-electron chi connectivity index (χ1n) is 17.7. The van der Waals surface area contributed by atoms with Gasteiger partial charge in [-0.1, -0.05) is 36.6 Å². The molecule has 0 bridgehead atoms. The van der Waals surface area contributed by atoms with Crippen LogP contribution in [0.3, 0.4) is 0 Å². The fourth-order valence-corrected chi connectivity index (χ4v) is 6.52. The first kappa shape index (κ1) is 35.4. The summed E-state index contributed by atoms with van der Waals surface area (Å²) in [4.78, 5) is 37.1. The Kier molecular flexibility index (Phi) is 13.3. The van der Waals surface area contributed by atoms with Gasteiger partial charge in [-0.25, -0.2) is 4.98 Å². The highest BCUT2D eigenvalue weighted by atomic mass is 16.4. The van der Waals surface area contributed by atoms with Gasteiger partial charge in [-0.3, -0.25) is 14.3 Å². The van der Waals surface area contributed by atoms with Gasteiger partial charge in [0.2, 0.25) is 11.9 Å². The number of aryl methyl sites for hydroxylation is 1. The summed E-state index contributed by atoms with van der Waals surface area (Å²) >= 11 is 0. The van der Waals surface area contributed by atoms with Crippen LogP contribution >= 0.6 is 0 Å². The number of nitrogens with zero attached hydrogens (tertiary/aromatic N) is 7. The Balaban J connectivity index is 1.06. The highest BCUT2D eigenvalue weighted by Gasteiger charge is 2.25. The van der Waals surface area contributed by atoms with Gasteiger partial charge in [0.15, 0.2) is 0 Å². The normalized spacial score (nSPS) is 16.7. The maximum absolute atomic E-state index is 12.6. The van der Waals surface area contributed by atoms with Crippen LogP contribution in [0.25, 0.3) is 10.9 Å². The van der Waals surface area contributed by atoms with E-state index >= 15 is 0 Å². The molecule has 2 aromatic heterocycles. The van der Waals surface area contributed by atoms with Crippen LogP contribution in [0, 0.1) is 0 Å². The predicted octanol–water partition coefficient (Wildman–Crippen LogP) is 2.74. The molecule has 6 N–H and O–H groups in total. The summed E-state index contributed by atoms with van der Waals surface area (Å²) in [6.45, 7) is 5.60. The molecule has 1 aliphatic heterocycles. The zero-order chi connectivity index (χ0) is 33.7. The van der Waals surface area contributed by atoms with Crippen molar-refractivity contribution in [3.05, 3.63) is 36.2 Å². The molecule has 3 heterocycles. The Hall–Kier alpha value is -3.88. The van der Waals surface area contributed by atoms with E-state index in [1.165, 1.54) is 32.1 Å². The van der Waals surface area contributed by atoms with Crippen LogP contribution in [0.2, 0.25) is 0 Å². The minimum Gasteiger partial charge on any atom is -0.480 e. The van der Waals surface area contributed by atoms with Crippen LogP contribution in [0.4, 0.5) is 11.8 Å². The Labute approximate surface area is 283 Å². The van der Waals surface area contributed by atoms with Crippen LogP contribution in [-0.4, -0.2) is 105 Å². The number of aliphatic carboxylic acids is 1. The second-order valence-corrected chi connectivity index (χ2v) is 13.2. The highest BCUT2D eigenvalue weighted by molar-refractivity contribution is 5.90. The van der Waals surface area contributed by atoms with Crippen LogP contribution in [0.5, 0.6) is 0 Å². The number of aromatic nitrogens is 5. The van der Waals surface area contributed by atoms with E-state index in [1.54, 1.807) is 4.90 Å². The number of nitrogens with one attached hydrogen (secondary N) is 3. The van der Waals surface area contributed by atoms with Crippen molar-refractivity contribution in [3.63, 3.8) is 0 Å². The van der Waals surface area contributed by atoms with Gasteiger partial charge in [0, 0.05) is 50.6 Å². The van der Waals surface area contributed by atoms with Crippen LogP contribution in [0.1, 0.15) is 76.3 Å². The van der Waals surface area contributed by atoms with Gasteiger partial charge in [0.25, 0.3) is 0 Å². The molecule has 1 saturated heterocycles. The van der Waals surface area contributed by atoms with Gasteiger partial charge in [-0.05, 0) is 76.7 Å². The Morgan fingerprint density at radius 3 is 2.58 bits per heavy atom. The first-order valence-corrected chi connectivity index (χ1v) is 17.7. The predicted molar refractivity (Wildman–Crippen MR) is 187 cm³/mol. The van der Waals surface area contributed by atoms with Crippen molar-refractivity contribution in [3.8, 4) is 0 Å². The van der Waals surface area contributed by atoms with Crippen LogP contribution in [-0.2, 0) is 22.7 Å². The maximum Gasteiger partial charge on any atom is 0.320 e. The number of hydrogen-bond donors (Lipinski definition) is 5. The molecule has 2 fully saturated rings. The van der Waals surface area contributed by atoms with E-state index in [4.69, 9.17) is 20.8 Å². The second kappa shape index (κ2) is 18.0. The number of likely N-dealkylation sites (tertiary alicyclic amines) is 1. The van der Waals surface area contributed by atoms with Gasteiger partial charge >= 0.3 is 5.97 Å². The Morgan fingerprint density at radius 1 is 1.02 bits per heavy atom. The van der Waals surface area contributed by atoms with Crippen molar-refractivity contribution in [1.29, 1.82) is 0 Å².